The Bertz CT molecular complexity index is 4000. The molecule has 48 heteroatoms. The standard InChI is InChI=1S/C5H5NO2.C5H5NO.C4H4N2O2.4C4H4N2O.2C4H5NO.C3H3N3O2.2C3H3N3O.C3H4N2O2.2C3H4N2O/c7-4-2-1-3-5(8)6-4;7-5-3-1-2-4-6-5;7-3-1-2-5-4(8)6-3;7-4-1-2-5-3-6-4;2*7-4-5-2-1-3-6-4;7-4-2-1-3-5-6-4;2*6-4-1-2-5-3-4;7-2-1-4-6-3(8)5-2;7-3-5-1-4-2-6-3;7-3-4-1-2-5-6-3;6-2-1-4-3(7)5-2;2*6-3-1-4-2-5-3/h1-2H,3H2,(H,6,7,8);1-4H,(H,6,7);2H,1H2,(H,6,7,8);3*1-3H,(H,5,6,7);1-3H,(H,6,7);2*1-2,5H,3H2;1H,(H2,5,6,7,8);1-2H,(H,4,5,6,7);1-2H,(H,4,6,7);1H2,(H2,4,5,6,7);2*2H,1H2,(H,4,5,6). The number of urea groups is 2. The van der Waals surface area contributed by atoms with E-state index in [1.54, 1.807) is 55.0 Å². The van der Waals surface area contributed by atoms with Crippen molar-refractivity contribution in [2.24, 2.45) is 15.0 Å². The Balaban J connectivity index is 0.000000558. The second-order valence-corrected chi connectivity index (χ2v) is 17.3. The highest BCUT2D eigenvalue weighted by Crippen LogP contribution is 1.89. The summed E-state index contributed by atoms with van der Waals surface area (Å²) in [5.74, 6) is -0.802. The second-order valence-electron chi connectivity index (χ2n) is 17.3. The maximum atomic E-state index is 10.3. The van der Waals surface area contributed by atoms with Crippen LogP contribution in [0.15, 0.2) is 224 Å². The Morgan fingerprint density at radius 2 is 0.990 bits per heavy atom. The predicted molar refractivity (Wildman–Crippen MR) is 360 cm³/mol. The molecule has 0 radical (unpaired) electrons. The third-order valence-corrected chi connectivity index (χ3v) is 9.26. The van der Waals surface area contributed by atoms with E-state index in [2.05, 4.69) is 127 Å². The first-order valence-corrected chi connectivity index (χ1v) is 28.3. The van der Waals surface area contributed by atoms with Crippen molar-refractivity contribution in [2.75, 3.05) is 32.7 Å². The van der Waals surface area contributed by atoms with E-state index in [0.717, 1.165) is 6.20 Å². The molecule has 7 aliphatic rings. The van der Waals surface area contributed by atoms with Crippen LogP contribution in [0.4, 0.5) is 9.59 Å². The first-order chi connectivity index (χ1) is 50.0. The molecular formula is C56H61N29O19. The summed E-state index contributed by atoms with van der Waals surface area (Å²) in [6.07, 6.45) is 32.0. The molecule has 8 aromatic heterocycles. The van der Waals surface area contributed by atoms with E-state index >= 15 is 0 Å². The number of rotatable bonds is 0. The van der Waals surface area contributed by atoms with E-state index < -0.39 is 29.0 Å². The smallest absolute Gasteiger partial charge is 0.361 e. The van der Waals surface area contributed by atoms with E-state index in [1.807, 2.05) is 20.7 Å². The monoisotopic (exact) mass is 1440 g/mol. The maximum absolute atomic E-state index is 10.3. The Labute approximate surface area is 577 Å². The summed E-state index contributed by atoms with van der Waals surface area (Å²) in [6, 6.07) is 11.6. The highest BCUT2D eigenvalue weighted by Gasteiger charge is 2.14. The number of aliphatic imine (C=N–C) groups is 3. The number of ketones is 2. The predicted octanol–water partition coefficient (Wildman–Crippen LogP) is -8.01. The van der Waals surface area contributed by atoms with Crippen molar-refractivity contribution in [1.29, 1.82) is 0 Å². The molecule has 0 bridgehead atoms. The normalized spacial score (nSPS) is 13.1. The molecule has 15 rings (SSSR count). The molecule has 0 spiro atoms. The molecule has 104 heavy (non-hydrogen) atoms. The number of carbonyl (C=O) groups excluding carboxylic acids is 10. The Kier molecular flexibility index (Phi) is 46.5. The SMILES string of the molecule is O=C1C=CCC(=O)N1.O=C1C=CNC1.O=C1C=CNC1.O=C1CC=NC(=O)N1.O=C1CN=CN1.O=C1CN=CN1.O=C1CNC(=O)N1.O=c1cccc[nH]1.O=c1cccn[nH]1.O=c1ccnc[nH]1.O=c1cn[nH]c(=O)[nH]1.O=c1nccc[nH]1.O=c1nccc[nH]1.O=c1nccn[nH]1.O=c1ncnc[nH]1. The first kappa shape index (κ1) is 86.0. The van der Waals surface area contributed by atoms with Gasteiger partial charge in [-0.25, -0.2) is 73.8 Å². The second kappa shape index (κ2) is 56.2. The van der Waals surface area contributed by atoms with Crippen molar-refractivity contribution in [1.82, 2.24) is 133 Å². The quantitative estimate of drug-likeness (QED) is 0.0495. The van der Waals surface area contributed by atoms with Crippen LogP contribution in [0.25, 0.3) is 0 Å². The Morgan fingerprint density at radius 3 is 1.22 bits per heavy atom. The van der Waals surface area contributed by atoms with Crippen LogP contribution in [0.1, 0.15) is 12.8 Å². The van der Waals surface area contributed by atoms with Crippen LogP contribution in [0.3, 0.4) is 0 Å². The average molecular weight is 1440 g/mol. The fraction of sp³-hybridized carbons (Fsp3) is 0.125. The van der Waals surface area contributed by atoms with Gasteiger partial charge in [0.05, 0.1) is 63.8 Å². The zero-order valence-corrected chi connectivity index (χ0v) is 53.4. The Hall–Kier alpha value is -16.0. The largest absolute Gasteiger partial charge is 0.383 e. The van der Waals surface area contributed by atoms with Gasteiger partial charge in [-0.05, 0) is 42.5 Å². The van der Waals surface area contributed by atoms with E-state index in [1.165, 1.54) is 124 Å². The molecule has 1 saturated heterocycles. The zero-order valence-electron chi connectivity index (χ0n) is 53.4. The summed E-state index contributed by atoms with van der Waals surface area (Å²) in [5.41, 5.74) is -2.80. The van der Waals surface area contributed by atoms with Crippen molar-refractivity contribution in [2.45, 2.75) is 12.8 Å². The van der Waals surface area contributed by atoms with Gasteiger partial charge < -0.3 is 46.5 Å². The van der Waals surface area contributed by atoms with Gasteiger partial charge in [0.15, 0.2) is 11.6 Å². The number of hydrogen-bond acceptors (Lipinski definition) is 32. The first-order valence-electron chi connectivity index (χ1n) is 28.3. The highest BCUT2D eigenvalue weighted by molar-refractivity contribution is 6.07. The lowest BCUT2D eigenvalue weighted by Gasteiger charge is -2.00. The summed E-state index contributed by atoms with van der Waals surface area (Å²) in [4.78, 5) is 237. The topological polar surface area (TPSA) is 716 Å². The number of imide groups is 3. The third kappa shape index (κ3) is 54.3. The summed E-state index contributed by atoms with van der Waals surface area (Å²) >= 11 is 0. The summed E-state index contributed by atoms with van der Waals surface area (Å²) < 4.78 is 0. The fourth-order valence-corrected chi connectivity index (χ4v) is 5.06. The van der Waals surface area contributed by atoms with Crippen LogP contribution in [-0.2, 0) is 38.4 Å². The molecule has 48 nitrogen and oxygen atoms in total. The van der Waals surface area contributed by atoms with Crippen LogP contribution in [0.5, 0.6) is 0 Å². The minimum atomic E-state index is -0.586. The minimum Gasteiger partial charge on any atom is -0.383 e. The lowest BCUT2D eigenvalue weighted by atomic mass is 10.3. The number of nitrogens with zero attached hydrogens (tertiary/aromatic N) is 12. The molecule has 0 saturated carbocycles. The van der Waals surface area contributed by atoms with E-state index in [4.69, 9.17) is 0 Å². The molecule has 7 aliphatic heterocycles. The van der Waals surface area contributed by atoms with Gasteiger partial charge in [0.25, 0.3) is 16.7 Å². The fourth-order valence-electron chi connectivity index (χ4n) is 5.06. The number of H-pyrrole nitrogens is 9. The number of hydrogen-bond donors (Lipinski definition) is 17. The number of nitrogens with one attached hydrogen (secondary N) is 17. The summed E-state index contributed by atoms with van der Waals surface area (Å²) in [5, 5.41) is 35.1. The lowest BCUT2D eigenvalue weighted by Crippen LogP contribution is -2.31. The van der Waals surface area contributed by atoms with Gasteiger partial charge in [0, 0.05) is 86.6 Å². The van der Waals surface area contributed by atoms with E-state index in [9.17, 15) is 91.1 Å². The van der Waals surface area contributed by atoms with Gasteiger partial charge in [-0.2, -0.15) is 25.3 Å². The molecule has 8 aromatic rings. The number of carbonyl (C=O) groups is 10. The van der Waals surface area contributed by atoms with Gasteiger partial charge in [-0.1, -0.05) is 12.1 Å². The molecule has 0 unspecified atom stereocenters. The van der Waals surface area contributed by atoms with Crippen molar-refractivity contribution in [3.63, 3.8) is 0 Å². The molecular weight excluding hydrogens is 1380 g/mol. The summed E-state index contributed by atoms with van der Waals surface area (Å²) in [6.45, 7) is 1.71. The molecule has 17 N–H and O–H groups in total. The number of aromatic nitrogens is 18. The molecule has 10 amide bonds. The molecule has 544 valence electrons. The van der Waals surface area contributed by atoms with E-state index in [0.29, 0.717) is 32.6 Å². The molecule has 1 fully saturated rings. The molecule has 0 aliphatic carbocycles. The van der Waals surface area contributed by atoms with Crippen molar-refractivity contribution in [3.8, 4) is 0 Å². The van der Waals surface area contributed by atoms with Crippen molar-refractivity contribution < 1.29 is 47.9 Å². The van der Waals surface area contributed by atoms with Gasteiger partial charge in [-0.15, -0.1) is 0 Å². The maximum Gasteiger partial charge on any atom is 0.361 e. The minimum absolute atomic E-state index is 0.0185. The van der Waals surface area contributed by atoms with Crippen LogP contribution < -0.4 is 93.2 Å². The number of aromatic amines is 9. The van der Waals surface area contributed by atoms with Crippen LogP contribution in [-0.4, -0.2) is 201 Å². The van der Waals surface area contributed by atoms with Gasteiger partial charge in [0.1, 0.15) is 25.6 Å². The third-order valence-electron chi connectivity index (χ3n) is 9.26. The summed E-state index contributed by atoms with van der Waals surface area (Å²) in [7, 11) is 0. The van der Waals surface area contributed by atoms with Crippen LogP contribution in [0.2, 0.25) is 0 Å². The lowest BCUT2D eigenvalue weighted by molar-refractivity contribution is -0.128. The van der Waals surface area contributed by atoms with Crippen molar-refractivity contribution in [3.05, 3.63) is 260 Å². The average Bonchev–Trinajstić information content (AvgIpc) is 1.93. The van der Waals surface area contributed by atoms with Crippen LogP contribution in [0, 0.1) is 0 Å². The number of pyridine rings is 1. The zero-order chi connectivity index (χ0) is 76.6. The van der Waals surface area contributed by atoms with Crippen molar-refractivity contribution >= 4 is 78.0 Å². The molecule has 0 aromatic carbocycles. The van der Waals surface area contributed by atoms with Gasteiger partial charge >= 0.3 is 40.5 Å². The molecule has 15 heterocycles. The van der Waals surface area contributed by atoms with Gasteiger partial charge in [0.2, 0.25) is 41.0 Å². The number of amides is 10. The highest BCUT2D eigenvalue weighted by atomic mass is 16.2. The van der Waals surface area contributed by atoms with Gasteiger partial charge in [-0.3, -0.25) is 93.4 Å². The van der Waals surface area contributed by atoms with Crippen LogP contribution >= 0.6 is 0 Å². The Morgan fingerprint density at radius 1 is 0.404 bits per heavy atom. The van der Waals surface area contributed by atoms with E-state index in [-0.39, 0.29) is 93.7 Å². The molecule has 0 atom stereocenters.